The molecular formula is C55H60N10O12. The van der Waals surface area contributed by atoms with Crippen LogP contribution in [0.3, 0.4) is 0 Å². The minimum Gasteiger partial charge on any atom is -0.480 e. The minimum atomic E-state index is -1.94. The van der Waals surface area contributed by atoms with Crippen molar-refractivity contribution in [2.75, 3.05) is 75.7 Å². The number of aliphatic carboxylic acids is 1. The van der Waals surface area contributed by atoms with Gasteiger partial charge in [0.25, 0.3) is 11.5 Å². The molecule has 2 unspecified atom stereocenters. The number of anilines is 2. The number of alkyl carbamates (subject to hydrolysis) is 1. The van der Waals surface area contributed by atoms with E-state index in [0.29, 0.717) is 66.4 Å². The summed E-state index contributed by atoms with van der Waals surface area (Å²) < 4.78 is 18.0. The summed E-state index contributed by atoms with van der Waals surface area (Å²) in [4.78, 5) is 108. The van der Waals surface area contributed by atoms with Crippen LogP contribution >= 0.6 is 0 Å². The Bertz CT molecular complexity index is 3260. The third kappa shape index (κ3) is 10.7. The number of aliphatic imine (C=N–C) groups is 1. The molecule has 2 saturated heterocycles. The smallest absolute Gasteiger partial charge is 0.415 e. The van der Waals surface area contributed by atoms with Gasteiger partial charge in [-0.2, -0.15) is 0 Å². The number of aromatic nitrogens is 2. The highest BCUT2D eigenvalue weighted by molar-refractivity contribution is 5.95. The number of carbonyl (C=O) groups is 6. The number of nitrogens with one attached hydrogen (secondary N) is 3. The van der Waals surface area contributed by atoms with Gasteiger partial charge in [-0.25, -0.2) is 24.2 Å². The van der Waals surface area contributed by atoms with E-state index >= 15 is 0 Å². The van der Waals surface area contributed by atoms with Gasteiger partial charge in [0.2, 0.25) is 5.91 Å². The fourth-order valence-electron chi connectivity index (χ4n) is 10.6. The third-order valence-corrected chi connectivity index (χ3v) is 15.0. The van der Waals surface area contributed by atoms with Gasteiger partial charge in [-0.15, -0.1) is 0 Å². The lowest BCUT2D eigenvalue weighted by Crippen LogP contribution is -2.51. The molecule has 5 N–H and O–H groups in total. The number of nitrogens with zero attached hydrogens (tertiary/aromatic N) is 7. The first kappa shape index (κ1) is 51.9. The summed E-state index contributed by atoms with van der Waals surface area (Å²) in [6.07, 6.45) is -0.116. The van der Waals surface area contributed by atoms with E-state index in [9.17, 15) is 43.8 Å². The van der Waals surface area contributed by atoms with Crippen LogP contribution in [0.2, 0.25) is 0 Å². The molecule has 5 aliphatic rings. The Labute approximate surface area is 442 Å². The van der Waals surface area contributed by atoms with Crippen molar-refractivity contribution in [3.8, 4) is 17.1 Å². The molecule has 402 valence electrons. The zero-order valence-corrected chi connectivity index (χ0v) is 42.8. The fraction of sp³-hybridized carbons (Fsp3) is 0.400. The van der Waals surface area contributed by atoms with Crippen molar-refractivity contribution in [1.82, 2.24) is 34.9 Å². The van der Waals surface area contributed by atoms with E-state index in [0.717, 1.165) is 53.4 Å². The Hall–Kier alpha value is -8.53. The maximum Gasteiger partial charge on any atom is 0.415 e. The Morgan fingerprint density at radius 1 is 0.883 bits per heavy atom. The van der Waals surface area contributed by atoms with Crippen LogP contribution in [0, 0.1) is 0 Å². The number of carbonyl (C=O) groups excluding carboxylic acids is 5. The lowest BCUT2D eigenvalue weighted by Gasteiger charge is -2.36. The predicted molar refractivity (Wildman–Crippen MR) is 282 cm³/mol. The van der Waals surface area contributed by atoms with Crippen LogP contribution in [-0.4, -0.2) is 148 Å². The molecule has 2 atom stereocenters. The number of carboxylic acid groups (broad SMARTS) is 1. The molecular weight excluding hydrogens is 993 g/mol. The van der Waals surface area contributed by atoms with Crippen LogP contribution in [0.5, 0.6) is 5.75 Å². The van der Waals surface area contributed by atoms with Crippen molar-refractivity contribution < 1.29 is 53.2 Å². The second kappa shape index (κ2) is 22.0. The molecule has 4 amide bonds. The van der Waals surface area contributed by atoms with Crippen LogP contribution in [-0.2, 0) is 55.6 Å². The van der Waals surface area contributed by atoms with Crippen LogP contribution < -0.4 is 31.1 Å². The van der Waals surface area contributed by atoms with Gasteiger partial charge in [0, 0.05) is 105 Å². The monoisotopic (exact) mass is 1050 g/mol. The van der Waals surface area contributed by atoms with E-state index in [2.05, 4.69) is 25.8 Å². The molecule has 10 rings (SSSR count). The number of ether oxygens (including phenoxy) is 3. The molecule has 5 aromatic rings. The normalized spacial score (nSPS) is 18.2. The molecule has 5 aliphatic heterocycles. The van der Waals surface area contributed by atoms with Crippen molar-refractivity contribution in [1.29, 1.82) is 0 Å². The van der Waals surface area contributed by atoms with Gasteiger partial charge in [-0.3, -0.25) is 19.4 Å². The van der Waals surface area contributed by atoms with Gasteiger partial charge in [0.15, 0.2) is 11.6 Å². The summed E-state index contributed by atoms with van der Waals surface area (Å²) in [6.45, 7) is 8.21. The van der Waals surface area contributed by atoms with E-state index in [1.165, 1.54) is 4.90 Å². The molecule has 77 heavy (non-hydrogen) atoms. The molecule has 22 nitrogen and oxygen atoms in total. The molecule has 3 aromatic carbocycles. The Morgan fingerprint density at radius 2 is 1.64 bits per heavy atom. The maximum atomic E-state index is 13.7. The van der Waals surface area contributed by atoms with Gasteiger partial charge < -0.3 is 64.5 Å². The first-order chi connectivity index (χ1) is 37.2. The van der Waals surface area contributed by atoms with Crippen molar-refractivity contribution in [2.45, 2.75) is 77.4 Å². The van der Waals surface area contributed by atoms with E-state index in [-0.39, 0.29) is 93.7 Å². The predicted octanol–water partition coefficient (Wildman–Crippen LogP) is 4.17. The summed E-state index contributed by atoms with van der Waals surface area (Å²) in [5.74, 6) is -1.48. The first-order valence-corrected chi connectivity index (χ1v) is 26.0. The number of guanidine groups is 1. The number of aliphatic hydroxyl groups is 1. The second-order valence-electron chi connectivity index (χ2n) is 19.6. The number of amides is 4. The molecule has 0 saturated carbocycles. The lowest BCUT2D eigenvalue weighted by molar-refractivity contribution is -0.172. The zero-order chi connectivity index (χ0) is 54.0. The van der Waals surface area contributed by atoms with Crippen LogP contribution in [0.4, 0.5) is 21.0 Å². The summed E-state index contributed by atoms with van der Waals surface area (Å²) in [7, 11) is 0. The van der Waals surface area contributed by atoms with E-state index in [1.807, 2.05) is 31.2 Å². The summed E-state index contributed by atoms with van der Waals surface area (Å²) in [6, 6.07) is 20.0. The van der Waals surface area contributed by atoms with Crippen molar-refractivity contribution >= 4 is 64.2 Å². The fourth-order valence-corrected chi connectivity index (χ4v) is 10.6. The largest absolute Gasteiger partial charge is 0.480 e. The number of benzene rings is 3. The quantitative estimate of drug-likeness (QED) is 0.102. The Balaban J connectivity index is 0.667. The van der Waals surface area contributed by atoms with Crippen molar-refractivity contribution in [3.63, 3.8) is 0 Å². The van der Waals surface area contributed by atoms with Crippen LogP contribution in [0.25, 0.3) is 22.3 Å². The van der Waals surface area contributed by atoms with E-state index in [4.69, 9.17) is 19.2 Å². The third-order valence-electron chi connectivity index (χ3n) is 15.0. The number of hydrogen-bond acceptors (Lipinski definition) is 16. The maximum absolute atomic E-state index is 13.7. The van der Waals surface area contributed by atoms with E-state index in [1.54, 1.807) is 69.8 Å². The molecule has 2 fully saturated rings. The summed E-state index contributed by atoms with van der Waals surface area (Å²) >= 11 is 0. The number of pyridine rings is 2. The minimum absolute atomic E-state index is 0.0369. The average molecular weight is 1050 g/mol. The number of aryl methyl sites for hydroxylation is 1. The van der Waals surface area contributed by atoms with Crippen molar-refractivity contribution in [3.05, 3.63) is 117 Å². The molecule has 2 aromatic heterocycles. The summed E-state index contributed by atoms with van der Waals surface area (Å²) in [5, 5.41) is 30.8. The standard InChI is InChI=1S/C55H60N10O12/c1-3-38-39-28-37(13-14-43(39)59-47-40(38)30-65-45(47)29-42-41(49(65)68)32-75-51(71)55(42,74)4-2)77-54(73)64-25-23-63(24-26-64)48(67)34-11-9-33(10-12-34)31-76-53(72)60-44(50(69)70)15-16-46(66)62-21-19-61(20-22-62)36-8-5-7-35(27-36)58-52-56-17-6-18-57-52/h5,7-14,27-29,44,74H,3-4,6,15-26,30-32H2,1-2H3,(H,60,72)(H,69,70)(H2,56,57,58). The highest BCUT2D eigenvalue weighted by Gasteiger charge is 2.45. The number of cyclic esters (lactones) is 1. The van der Waals surface area contributed by atoms with E-state index < -0.39 is 35.8 Å². The van der Waals surface area contributed by atoms with Gasteiger partial charge in [-0.05, 0) is 91.4 Å². The molecule has 22 heteroatoms. The highest BCUT2D eigenvalue weighted by Crippen LogP contribution is 2.41. The number of piperazine rings is 2. The number of hydrogen-bond donors (Lipinski definition) is 5. The van der Waals surface area contributed by atoms with Crippen LogP contribution in [0.1, 0.15) is 77.7 Å². The zero-order valence-electron chi connectivity index (χ0n) is 42.8. The average Bonchev–Trinajstić information content (AvgIpc) is 3.99. The van der Waals surface area contributed by atoms with Gasteiger partial charge in [-0.1, -0.05) is 32.0 Å². The summed E-state index contributed by atoms with van der Waals surface area (Å²) in [5.41, 5.74) is 4.52. The first-order valence-electron chi connectivity index (χ1n) is 26.0. The lowest BCUT2D eigenvalue weighted by atomic mass is 9.86. The molecule has 0 spiro atoms. The highest BCUT2D eigenvalue weighted by atomic mass is 16.6. The topological polar surface area (TPSA) is 267 Å². The molecule has 0 radical (unpaired) electrons. The molecule has 7 heterocycles. The number of esters is 1. The van der Waals surface area contributed by atoms with Crippen LogP contribution in [0.15, 0.2) is 82.6 Å². The van der Waals surface area contributed by atoms with Gasteiger partial charge in [0.05, 0.1) is 29.0 Å². The van der Waals surface area contributed by atoms with Gasteiger partial charge in [0.1, 0.15) is 25.0 Å². The molecule has 0 aliphatic carbocycles. The number of carboxylic acids is 1. The SMILES string of the molecule is CCc1c2c(nc3ccc(OC(=O)N4CCN(C(=O)c5ccc(COC(=O)NC(CCC(=O)N6CCN(c7cccc(NC8=NCCCN8)c7)CC6)C(=O)O)cc5)CC4)cc13)-c1cc3c(c(=O)n1C2)COC(=O)C3(O)CC. The van der Waals surface area contributed by atoms with Crippen molar-refractivity contribution in [2.24, 2.45) is 4.99 Å². The molecule has 0 bridgehead atoms. The number of rotatable bonds is 13. The Morgan fingerprint density at radius 3 is 2.35 bits per heavy atom. The van der Waals surface area contributed by atoms with Gasteiger partial charge >= 0.3 is 24.1 Å². The second-order valence-corrected chi connectivity index (χ2v) is 19.6. The number of fused-ring (bicyclic) bond motifs is 5. The Kier molecular flexibility index (Phi) is 14.8.